The highest BCUT2D eigenvalue weighted by Gasteiger charge is 2.15. The fourth-order valence-corrected chi connectivity index (χ4v) is 1.73. The van der Waals surface area contributed by atoms with E-state index in [0.29, 0.717) is 12.5 Å². The number of aliphatic carboxylic acids is 1. The Morgan fingerprint density at radius 3 is 2.93 bits per heavy atom. The molecule has 4 nitrogen and oxygen atoms in total. The predicted octanol–water partition coefficient (Wildman–Crippen LogP) is 1.14. The average Bonchev–Trinajstić information content (AvgIpc) is 2.64. The van der Waals surface area contributed by atoms with E-state index in [-0.39, 0.29) is 0 Å². The molecular weight excluding hydrogens is 182 g/mol. The van der Waals surface area contributed by atoms with E-state index in [4.69, 9.17) is 15.6 Å². The number of rotatable bonds is 6. The summed E-state index contributed by atoms with van der Waals surface area (Å²) in [5, 5.41) is 8.54. The minimum atomic E-state index is -0.901. The van der Waals surface area contributed by atoms with E-state index in [0.717, 1.165) is 32.3 Å². The molecular formula is C10H19NO3. The fourth-order valence-electron chi connectivity index (χ4n) is 1.73. The van der Waals surface area contributed by atoms with E-state index >= 15 is 0 Å². The second kappa shape index (κ2) is 5.98. The van der Waals surface area contributed by atoms with Crippen LogP contribution in [0.3, 0.4) is 0 Å². The van der Waals surface area contributed by atoms with E-state index in [1.165, 1.54) is 6.42 Å². The van der Waals surface area contributed by atoms with E-state index in [2.05, 4.69) is 0 Å². The van der Waals surface area contributed by atoms with Crippen LogP contribution >= 0.6 is 0 Å². The summed E-state index contributed by atoms with van der Waals surface area (Å²) in [6, 6.07) is -0.695. The minimum Gasteiger partial charge on any atom is -0.480 e. The number of ether oxygens (including phenoxy) is 1. The monoisotopic (exact) mass is 201 g/mol. The van der Waals surface area contributed by atoms with E-state index < -0.39 is 12.0 Å². The summed E-state index contributed by atoms with van der Waals surface area (Å²) in [6.07, 6.45) is 6.26. The molecule has 0 saturated carbocycles. The maximum Gasteiger partial charge on any atom is 0.320 e. The van der Waals surface area contributed by atoms with Gasteiger partial charge in [-0.2, -0.15) is 0 Å². The molecule has 0 amide bonds. The highest BCUT2D eigenvalue weighted by Crippen LogP contribution is 2.18. The van der Waals surface area contributed by atoms with Crippen molar-refractivity contribution in [1.29, 1.82) is 0 Å². The van der Waals surface area contributed by atoms with Crippen molar-refractivity contribution < 1.29 is 14.6 Å². The first-order valence-corrected chi connectivity index (χ1v) is 5.30. The van der Waals surface area contributed by atoms with Crippen molar-refractivity contribution in [2.75, 3.05) is 6.61 Å². The average molecular weight is 201 g/mol. The summed E-state index contributed by atoms with van der Waals surface area (Å²) in [5.74, 6) is -0.901. The topological polar surface area (TPSA) is 72.5 Å². The second-order valence-corrected chi connectivity index (χ2v) is 3.86. The Balaban J connectivity index is 1.95. The number of carboxylic acid groups (broad SMARTS) is 1. The van der Waals surface area contributed by atoms with E-state index in [9.17, 15) is 4.79 Å². The Hall–Kier alpha value is -0.610. The van der Waals surface area contributed by atoms with Crippen LogP contribution in [0, 0.1) is 0 Å². The number of unbranched alkanes of at least 4 members (excludes halogenated alkanes) is 1. The molecule has 14 heavy (non-hydrogen) atoms. The summed E-state index contributed by atoms with van der Waals surface area (Å²) in [6.45, 7) is 0.888. The van der Waals surface area contributed by atoms with Gasteiger partial charge in [0.15, 0.2) is 0 Å². The molecule has 82 valence electrons. The van der Waals surface area contributed by atoms with Crippen LogP contribution in [0.1, 0.15) is 38.5 Å². The van der Waals surface area contributed by atoms with Gasteiger partial charge in [-0.1, -0.05) is 12.8 Å². The molecule has 1 aliphatic heterocycles. The Morgan fingerprint density at radius 1 is 1.57 bits per heavy atom. The molecule has 2 unspecified atom stereocenters. The van der Waals surface area contributed by atoms with Gasteiger partial charge < -0.3 is 15.6 Å². The van der Waals surface area contributed by atoms with Crippen LogP contribution in [0.25, 0.3) is 0 Å². The smallest absolute Gasteiger partial charge is 0.320 e. The van der Waals surface area contributed by atoms with Crippen molar-refractivity contribution in [3.8, 4) is 0 Å². The van der Waals surface area contributed by atoms with Crippen molar-refractivity contribution in [1.82, 2.24) is 0 Å². The molecule has 0 radical (unpaired) electrons. The van der Waals surface area contributed by atoms with E-state index in [1.54, 1.807) is 0 Å². The van der Waals surface area contributed by atoms with Gasteiger partial charge in [0.25, 0.3) is 0 Å². The molecule has 4 heteroatoms. The van der Waals surface area contributed by atoms with Crippen LogP contribution in [-0.2, 0) is 9.53 Å². The number of hydrogen-bond donors (Lipinski definition) is 2. The van der Waals surface area contributed by atoms with Crippen LogP contribution in [0.15, 0.2) is 0 Å². The molecule has 1 aliphatic rings. The highest BCUT2D eigenvalue weighted by molar-refractivity contribution is 5.72. The fraction of sp³-hybridized carbons (Fsp3) is 0.900. The zero-order chi connectivity index (χ0) is 10.4. The summed E-state index contributed by atoms with van der Waals surface area (Å²) < 4.78 is 5.46. The molecule has 2 atom stereocenters. The third-order valence-electron chi connectivity index (χ3n) is 2.63. The second-order valence-electron chi connectivity index (χ2n) is 3.86. The van der Waals surface area contributed by atoms with Crippen LogP contribution in [0.4, 0.5) is 0 Å². The van der Waals surface area contributed by atoms with Crippen molar-refractivity contribution in [2.45, 2.75) is 50.7 Å². The van der Waals surface area contributed by atoms with Crippen LogP contribution in [0.2, 0.25) is 0 Å². The summed E-state index contributed by atoms with van der Waals surface area (Å²) >= 11 is 0. The first kappa shape index (κ1) is 11.5. The van der Waals surface area contributed by atoms with Gasteiger partial charge in [0.1, 0.15) is 6.04 Å². The maximum absolute atomic E-state index is 10.4. The number of hydrogen-bond acceptors (Lipinski definition) is 3. The molecule has 0 aliphatic carbocycles. The molecule has 0 spiro atoms. The highest BCUT2D eigenvalue weighted by atomic mass is 16.5. The van der Waals surface area contributed by atoms with Crippen molar-refractivity contribution in [3.05, 3.63) is 0 Å². The van der Waals surface area contributed by atoms with Crippen molar-refractivity contribution in [3.63, 3.8) is 0 Å². The largest absolute Gasteiger partial charge is 0.480 e. The number of nitrogens with two attached hydrogens (primary N) is 1. The predicted molar refractivity (Wildman–Crippen MR) is 53.1 cm³/mol. The zero-order valence-electron chi connectivity index (χ0n) is 8.45. The number of carbonyl (C=O) groups is 1. The van der Waals surface area contributed by atoms with Gasteiger partial charge in [0, 0.05) is 6.61 Å². The Bertz CT molecular complexity index is 178. The molecule has 3 N–H and O–H groups in total. The van der Waals surface area contributed by atoms with Gasteiger partial charge in [-0.05, 0) is 25.7 Å². The maximum atomic E-state index is 10.4. The SMILES string of the molecule is NC(CCCCC1CCCO1)C(=O)O. The first-order valence-electron chi connectivity index (χ1n) is 5.30. The van der Waals surface area contributed by atoms with Crippen molar-refractivity contribution in [2.24, 2.45) is 5.73 Å². The molecule has 1 fully saturated rings. The van der Waals surface area contributed by atoms with Gasteiger partial charge in [0.2, 0.25) is 0 Å². The molecule has 0 aromatic rings. The van der Waals surface area contributed by atoms with Gasteiger partial charge in [-0.15, -0.1) is 0 Å². The minimum absolute atomic E-state index is 0.413. The molecule has 0 aromatic heterocycles. The van der Waals surface area contributed by atoms with Gasteiger partial charge in [-0.3, -0.25) is 4.79 Å². The lowest BCUT2D eigenvalue weighted by Crippen LogP contribution is -2.29. The Kier molecular flexibility index (Phi) is 4.90. The summed E-state index contributed by atoms with van der Waals surface area (Å²) in [7, 11) is 0. The molecule has 0 aromatic carbocycles. The third kappa shape index (κ3) is 4.07. The van der Waals surface area contributed by atoms with Crippen LogP contribution in [-0.4, -0.2) is 29.8 Å². The van der Waals surface area contributed by atoms with Crippen LogP contribution < -0.4 is 5.73 Å². The van der Waals surface area contributed by atoms with E-state index in [1.807, 2.05) is 0 Å². The quantitative estimate of drug-likeness (QED) is 0.632. The first-order chi connectivity index (χ1) is 6.70. The Labute approximate surface area is 84.4 Å². The van der Waals surface area contributed by atoms with Crippen LogP contribution in [0.5, 0.6) is 0 Å². The van der Waals surface area contributed by atoms with Crippen molar-refractivity contribution >= 4 is 5.97 Å². The molecule has 1 rings (SSSR count). The summed E-state index contributed by atoms with van der Waals surface area (Å²) in [5.41, 5.74) is 5.38. The lowest BCUT2D eigenvalue weighted by Gasteiger charge is -2.09. The lowest BCUT2D eigenvalue weighted by atomic mass is 10.1. The molecule has 1 heterocycles. The number of carboxylic acids is 1. The third-order valence-corrected chi connectivity index (χ3v) is 2.63. The zero-order valence-corrected chi connectivity index (χ0v) is 8.45. The van der Waals surface area contributed by atoms with Gasteiger partial charge in [-0.25, -0.2) is 0 Å². The summed E-state index contributed by atoms with van der Waals surface area (Å²) in [4.78, 5) is 10.4. The van der Waals surface area contributed by atoms with Gasteiger partial charge in [0.05, 0.1) is 6.10 Å². The molecule has 0 bridgehead atoms. The Morgan fingerprint density at radius 2 is 2.36 bits per heavy atom. The standard InChI is InChI=1S/C10H19NO3/c11-9(10(12)13)6-2-1-4-8-5-3-7-14-8/h8-9H,1-7,11H2,(H,12,13). The normalized spacial score (nSPS) is 23.6. The molecule has 1 saturated heterocycles. The van der Waals surface area contributed by atoms with Gasteiger partial charge >= 0.3 is 5.97 Å². The lowest BCUT2D eigenvalue weighted by molar-refractivity contribution is -0.138.